The van der Waals surface area contributed by atoms with E-state index in [1.807, 2.05) is 35.0 Å². The van der Waals surface area contributed by atoms with Crippen LogP contribution in [0.4, 0.5) is 10.8 Å². The summed E-state index contributed by atoms with van der Waals surface area (Å²) < 4.78 is 5.55. The van der Waals surface area contributed by atoms with Gasteiger partial charge in [0.05, 0.1) is 16.3 Å². The lowest BCUT2D eigenvalue weighted by atomic mass is 10.1. The molecule has 0 bridgehead atoms. The van der Waals surface area contributed by atoms with Crippen LogP contribution in [0.15, 0.2) is 41.1 Å². The van der Waals surface area contributed by atoms with Crippen molar-refractivity contribution in [3.05, 3.63) is 46.0 Å². The highest BCUT2D eigenvalue weighted by atomic mass is 32.1. The summed E-state index contributed by atoms with van der Waals surface area (Å²) in [5.74, 6) is 0.292. The fourth-order valence-corrected chi connectivity index (χ4v) is 3.73. The molecule has 2 N–H and O–H groups in total. The first-order valence-corrected chi connectivity index (χ1v) is 9.28. The number of nitrogens with zero attached hydrogens (tertiary/aromatic N) is 1. The number of carbonyl (C=O) groups excluding carboxylic acids is 2. The maximum atomic E-state index is 12.1. The fourth-order valence-electron chi connectivity index (χ4n) is 2.40. The molecule has 1 aromatic carbocycles. The number of fused-ring (bicyclic) bond motifs is 1. The molecular formula is C17H13N3O3S2. The Morgan fingerprint density at radius 2 is 2.20 bits per heavy atom. The van der Waals surface area contributed by atoms with E-state index in [1.165, 1.54) is 22.7 Å². The number of anilines is 2. The van der Waals surface area contributed by atoms with Gasteiger partial charge in [-0.15, -0.1) is 22.7 Å². The number of benzene rings is 1. The Morgan fingerprint density at radius 3 is 3.00 bits per heavy atom. The maximum absolute atomic E-state index is 12.1. The Morgan fingerprint density at radius 1 is 1.32 bits per heavy atom. The number of nitrogens with one attached hydrogen (secondary N) is 2. The zero-order valence-corrected chi connectivity index (χ0v) is 14.7. The van der Waals surface area contributed by atoms with E-state index in [2.05, 4.69) is 15.6 Å². The maximum Gasteiger partial charge on any atom is 0.267 e. The molecule has 0 fully saturated rings. The van der Waals surface area contributed by atoms with E-state index in [9.17, 15) is 9.59 Å². The first-order chi connectivity index (χ1) is 12.1. The number of hydrogen-bond donors (Lipinski definition) is 2. The van der Waals surface area contributed by atoms with E-state index in [0.717, 1.165) is 11.3 Å². The van der Waals surface area contributed by atoms with E-state index in [-0.39, 0.29) is 11.8 Å². The number of amides is 2. The minimum Gasteiger partial charge on any atom is -0.479 e. The third-order valence-corrected chi connectivity index (χ3v) is 5.30. The molecule has 0 unspecified atom stereocenters. The third-order valence-electron chi connectivity index (χ3n) is 3.68. The molecule has 1 aliphatic heterocycles. The molecule has 1 atom stereocenters. The van der Waals surface area contributed by atoms with Gasteiger partial charge in [-0.1, -0.05) is 6.07 Å². The Balaban J connectivity index is 1.55. The van der Waals surface area contributed by atoms with Crippen LogP contribution >= 0.6 is 22.7 Å². The summed E-state index contributed by atoms with van der Waals surface area (Å²) in [5, 5.41) is 9.86. The van der Waals surface area contributed by atoms with E-state index >= 15 is 0 Å². The highest BCUT2D eigenvalue weighted by Crippen LogP contribution is 2.35. The van der Waals surface area contributed by atoms with Crippen LogP contribution in [0.25, 0.3) is 11.3 Å². The number of carbonyl (C=O) groups is 2. The molecule has 2 amide bonds. The highest BCUT2D eigenvalue weighted by molar-refractivity contribution is 7.14. The number of thiophene rings is 1. The van der Waals surface area contributed by atoms with Crippen molar-refractivity contribution in [2.75, 3.05) is 10.6 Å². The van der Waals surface area contributed by atoms with Crippen molar-refractivity contribution in [2.45, 2.75) is 13.0 Å². The molecule has 3 heterocycles. The van der Waals surface area contributed by atoms with Crippen LogP contribution in [0, 0.1) is 0 Å². The molecule has 4 rings (SSSR count). The monoisotopic (exact) mass is 371 g/mol. The van der Waals surface area contributed by atoms with Crippen LogP contribution in [-0.4, -0.2) is 22.9 Å². The lowest BCUT2D eigenvalue weighted by molar-refractivity contribution is -0.122. The van der Waals surface area contributed by atoms with Gasteiger partial charge in [0, 0.05) is 10.9 Å². The Hall–Kier alpha value is -2.71. The number of rotatable bonds is 3. The van der Waals surface area contributed by atoms with Gasteiger partial charge in [0.2, 0.25) is 0 Å². The normalized spacial score (nSPS) is 15.9. The van der Waals surface area contributed by atoms with Gasteiger partial charge < -0.3 is 10.1 Å². The number of ether oxygens (including phenoxy) is 1. The van der Waals surface area contributed by atoms with Gasteiger partial charge in [0.15, 0.2) is 11.2 Å². The average molecular weight is 371 g/mol. The lowest BCUT2D eigenvalue weighted by Crippen LogP contribution is -2.34. The molecule has 0 saturated heterocycles. The summed E-state index contributed by atoms with van der Waals surface area (Å²) in [6, 6.07) is 9.10. The van der Waals surface area contributed by atoms with Crippen molar-refractivity contribution in [3.63, 3.8) is 0 Å². The van der Waals surface area contributed by atoms with Crippen LogP contribution in [0.3, 0.4) is 0 Å². The molecule has 3 aromatic rings. The molecule has 0 spiro atoms. The first-order valence-electron chi connectivity index (χ1n) is 7.52. The van der Waals surface area contributed by atoms with Crippen LogP contribution < -0.4 is 15.4 Å². The van der Waals surface area contributed by atoms with Crippen molar-refractivity contribution in [1.82, 2.24) is 4.98 Å². The van der Waals surface area contributed by atoms with Gasteiger partial charge in [-0.05, 0) is 36.6 Å². The topological polar surface area (TPSA) is 80.3 Å². The largest absolute Gasteiger partial charge is 0.479 e. The Labute approximate surface area is 151 Å². The first kappa shape index (κ1) is 15.8. The fraction of sp³-hybridized carbons (Fsp3) is 0.118. The van der Waals surface area contributed by atoms with Gasteiger partial charge in [-0.3, -0.25) is 14.9 Å². The molecule has 0 aliphatic carbocycles. The second-order valence-electron chi connectivity index (χ2n) is 5.43. The molecule has 2 aromatic heterocycles. The van der Waals surface area contributed by atoms with Gasteiger partial charge in [-0.2, -0.15) is 0 Å². The van der Waals surface area contributed by atoms with Crippen molar-refractivity contribution >= 4 is 45.3 Å². The third kappa shape index (κ3) is 3.13. The van der Waals surface area contributed by atoms with Crippen LogP contribution in [0.2, 0.25) is 0 Å². The highest BCUT2D eigenvalue weighted by Gasteiger charge is 2.24. The smallest absolute Gasteiger partial charge is 0.267 e. The summed E-state index contributed by atoms with van der Waals surface area (Å²) in [5.41, 5.74) is 2.19. The average Bonchev–Trinajstić information content (AvgIpc) is 3.27. The van der Waals surface area contributed by atoms with Crippen LogP contribution in [-0.2, 0) is 4.79 Å². The number of thiazole rings is 1. The lowest BCUT2D eigenvalue weighted by Gasteiger charge is -2.23. The van der Waals surface area contributed by atoms with Crippen molar-refractivity contribution in [2.24, 2.45) is 0 Å². The van der Waals surface area contributed by atoms with Gasteiger partial charge >= 0.3 is 0 Å². The predicted octanol–water partition coefficient (Wildman–Crippen LogP) is 3.84. The second-order valence-corrected chi connectivity index (χ2v) is 7.24. The van der Waals surface area contributed by atoms with Crippen molar-refractivity contribution < 1.29 is 14.3 Å². The Bertz CT molecular complexity index is 950. The summed E-state index contributed by atoms with van der Waals surface area (Å²) in [6.45, 7) is 1.70. The van der Waals surface area contributed by atoms with Crippen LogP contribution in [0.1, 0.15) is 16.6 Å². The molecule has 0 radical (unpaired) electrons. The SMILES string of the molecule is C[C@H]1Oc2ccc(-c3csc(NC(=O)c4cccs4)n3)cc2NC1=O. The zero-order valence-electron chi connectivity index (χ0n) is 13.1. The summed E-state index contributed by atoms with van der Waals surface area (Å²) in [4.78, 5) is 28.9. The van der Waals surface area contributed by atoms with Gasteiger partial charge in [0.1, 0.15) is 5.75 Å². The molecule has 6 nitrogen and oxygen atoms in total. The zero-order chi connectivity index (χ0) is 17.4. The van der Waals surface area contributed by atoms with Crippen molar-refractivity contribution in [3.8, 4) is 17.0 Å². The van der Waals surface area contributed by atoms with E-state index in [1.54, 1.807) is 13.0 Å². The molecule has 0 saturated carbocycles. The quantitative estimate of drug-likeness (QED) is 0.733. The molecular weight excluding hydrogens is 358 g/mol. The molecule has 8 heteroatoms. The minimum atomic E-state index is -0.503. The molecule has 1 aliphatic rings. The molecule has 126 valence electrons. The predicted molar refractivity (Wildman–Crippen MR) is 98.5 cm³/mol. The second kappa shape index (κ2) is 6.30. The minimum absolute atomic E-state index is 0.170. The van der Waals surface area contributed by atoms with Gasteiger partial charge in [0.25, 0.3) is 11.8 Å². The number of aromatic nitrogens is 1. The molecule has 25 heavy (non-hydrogen) atoms. The van der Waals surface area contributed by atoms with Crippen LogP contribution in [0.5, 0.6) is 5.75 Å². The van der Waals surface area contributed by atoms with Gasteiger partial charge in [-0.25, -0.2) is 4.98 Å². The Kier molecular flexibility index (Phi) is 3.98. The standard InChI is InChI=1S/C17H13N3O3S2/c1-9-15(21)18-11-7-10(4-5-13(11)23-9)12-8-25-17(19-12)20-16(22)14-3-2-6-24-14/h2-9H,1H3,(H,18,21)(H,19,20,22)/t9-/m1/s1. The van der Waals surface area contributed by atoms with E-state index < -0.39 is 6.10 Å². The number of hydrogen-bond acceptors (Lipinski definition) is 6. The summed E-state index contributed by atoms with van der Waals surface area (Å²) in [7, 11) is 0. The van der Waals surface area contributed by atoms with Crippen molar-refractivity contribution in [1.29, 1.82) is 0 Å². The summed E-state index contributed by atoms with van der Waals surface area (Å²) in [6.07, 6.45) is -0.503. The van der Waals surface area contributed by atoms with E-state index in [0.29, 0.717) is 21.4 Å². The van der Waals surface area contributed by atoms with E-state index in [4.69, 9.17) is 4.74 Å². The summed E-state index contributed by atoms with van der Waals surface area (Å²) >= 11 is 2.73.